The van der Waals surface area contributed by atoms with Gasteiger partial charge in [-0.3, -0.25) is 4.79 Å². The van der Waals surface area contributed by atoms with Gasteiger partial charge < -0.3 is 34.4 Å². The number of ether oxygens (including phenoxy) is 3. The Morgan fingerprint density at radius 2 is 1.04 bits per heavy atom. The van der Waals surface area contributed by atoms with Gasteiger partial charge in [-0.15, -0.1) is 0 Å². The number of rotatable bonds is 8. The summed E-state index contributed by atoms with van der Waals surface area (Å²) in [7, 11) is 0. The van der Waals surface area contributed by atoms with Crippen molar-refractivity contribution in [3.05, 3.63) is 119 Å². The van der Waals surface area contributed by atoms with Gasteiger partial charge in [-0.05, 0) is 125 Å². The number of imide groups is 4. The van der Waals surface area contributed by atoms with E-state index in [1.807, 2.05) is 54.6 Å². The summed E-state index contributed by atoms with van der Waals surface area (Å²) in [6, 6.07) is 31.6. The van der Waals surface area contributed by atoms with Gasteiger partial charge in [0, 0.05) is 80.6 Å². The summed E-state index contributed by atoms with van der Waals surface area (Å²) in [6.45, 7) is 20.6. The summed E-state index contributed by atoms with van der Waals surface area (Å²) < 4.78 is 16.4. The van der Waals surface area contributed by atoms with Crippen LogP contribution in [0.4, 0.5) is 30.6 Å². The van der Waals surface area contributed by atoms with Crippen molar-refractivity contribution >= 4 is 47.6 Å². The molecule has 0 unspecified atom stereocenters. The number of fused-ring (bicyclic) bond motifs is 3. The Morgan fingerprint density at radius 1 is 0.630 bits per heavy atom. The Kier molecular flexibility index (Phi) is 18.5. The minimum Gasteiger partial charge on any atom is -0.480 e. The molecule has 0 saturated carbocycles. The molecule has 4 aliphatic rings. The number of anilines is 2. The second kappa shape index (κ2) is 23.2. The summed E-state index contributed by atoms with van der Waals surface area (Å²) in [4.78, 5) is 83.9. The molecule has 3 heterocycles. The fourth-order valence-electron chi connectivity index (χ4n) is 10.1. The van der Waals surface area contributed by atoms with Crippen molar-refractivity contribution < 1.29 is 85.2 Å². The molecule has 1 spiro atoms. The molecule has 0 bridgehead atoms. The molecule has 4 aromatic carbocycles. The predicted octanol–water partition coefficient (Wildman–Crippen LogP) is 11.1. The maximum Gasteiger partial charge on any atom is 0.425 e. The number of hydrogen-bond donors (Lipinski definition) is 2. The van der Waals surface area contributed by atoms with E-state index < -0.39 is 58.5 Å². The summed E-state index contributed by atoms with van der Waals surface area (Å²) in [5, 5.41) is 12.8. The Bertz CT molecular complexity index is 2620. The molecule has 3 saturated heterocycles. The van der Waals surface area contributed by atoms with E-state index in [0.29, 0.717) is 55.8 Å². The van der Waals surface area contributed by atoms with Crippen LogP contribution in [0.15, 0.2) is 97.1 Å². The molecule has 17 heteroatoms. The fourth-order valence-corrected chi connectivity index (χ4v) is 10.1. The number of carboxylic acids is 1. The maximum absolute atomic E-state index is 13.7. The number of piperidine rings is 2. The normalized spacial score (nSPS) is 16.9. The third-order valence-electron chi connectivity index (χ3n) is 13.7. The van der Waals surface area contributed by atoms with Crippen molar-refractivity contribution in [2.45, 2.75) is 135 Å². The number of para-hydroxylation sites is 2. The van der Waals surface area contributed by atoms with Gasteiger partial charge in [0.15, 0.2) is 0 Å². The van der Waals surface area contributed by atoms with Gasteiger partial charge in [0.1, 0.15) is 28.9 Å². The van der Waals surface area contributed by atoms with E-state index in [2.05, 4.69) is 85.3 Å². The topological polar surface area (TPSA) is 175 Å². The first-order chi connectivity index (χ1) is 33.5. The van der Waals surface area contributed by atoms with E-state index in [0.717, 1.165) is 38.5 Å². The molecular formula is C56H69N5O10V2. The summed E-state index contributed by atoms with van der Waals surface area (Å²) >= 11 is 0. The van der Waals surface area contributed by atoms with Gasteiger partial charge in [0.25, 0.3) is 5.91 Å². The fraction of sp³-hybridized carbons (Fsp3) is 0.464. The molecule has 15 nitrogen and oxygen atoms in total. The number of carbonyl (C=O) groups is 6. The number of hydrogen-bond acceptors (Lipinski definition) is 11. The maximum atomic E-state index is 13.7. The second-order valence-corrected chi connectivity index (χ2v) is 21.5. The van der Waals surface area contributed by atoms with Crippen LogP contribution in [0.2, 0.25) is 0 Å². The largest absolute Gasteiger partial charge is 0.480 e. The zero-order valence-electron chi connectivity index (χ0n) is 43.6. The number of nitrogens with zero attached hydrogens (tertiary/aromatic N) is 4. The molecule has 6 amide bonds. The SMILES string of the molecule is CC(C)c1ccccc1N1CCC(NC(=O)OCC2c3ccccc3-c3ccccc32)(C(=O)O)CC1.CC(C)c1ccccc1N1CCC2(CC1)C(=O)N(C(=O)OC(C)(C)C)C(=O)N2C(=O)OC(C)(C)C.[V].[V]. The average Bonchev–Trinajstić information content (AvgIpc) is 3.74. The van der Waals surface area contributed by atoms with Crippen LogP contribution < -0.4 is 15.1 Å². The van der Waals surface area contributed by atoms with E-state index in [9.17, 15) is 33.9 Å². The van der Waals surface area contributed by atoms with E-state index in [1.165, 1.54) is 11.1 Å². The van der Waals surface area contributed by atoms with Crippen LogP contribution in [0.5, 0.6) is 0 Å². The van der Waals surface area contributed by atoms with Crippen molar-refractivity contribution in [1.29, 1.82) is 0 Å². The van der Waals surface area contributed by atoms with Gasteiger partial charge in [0.05, 0.1) is 0 Å². The first-order valence-electron chi connectivity index (χ1n) is 24.7. The van der Waals surface area contributed by atoms with Crippen LogP contribution >= 0.6 is 0 Å². The van der Waals surface area contributed by atoms with Crippen molar-refractivity contribution in [3.63, 3.8) is 0 Å². The van der Waals surface area contributed by atoms with E-state index in [1.54, 1.807) is 41.5 Å². The molecule has 2 N–H and O–H groups in total. The van der Waals surface area contributed by atoms with Crippen LogP contribution in [0.3, 0.4) is 0 Å². The van der Waals surface area contributed by atoms with Crippen molar-refractivity contribution in [3.8, 4) is 11.1 Å². The average molecular weight is 1070 g/mol. The molecule has 3 fully saturated rings. The van der Waals surface area contributed by atoms with E-state index in [-0.39, 0.29) is 62.5 Å². The Hall–Kier alpha value is -5.73. The molecule has 1 aliphatic carbocycles. The van der Waals surface area contributed by atoms with Crippen molar-refractivity contribution in [2.24, 2.45) is 0 Å². The van der Waals surface area contributed by atoms with Gasteiger partial charge >= 0.3 is 30.3 Å². The molecule has 8 rings (SSSR count). The van der Waals surface area contributed by atoms with Crippen LogP contribution in [0.1, 0.15) is 135 Å². The summed E-state index contributed by atoms with van der Waals surface area (Å²) in [6.07, 6.45) is -1.78. The molecule has 4 aromatic rings. The number of carbonyl (C=O) groups excluding carboxylic acids is 5. The van der Waals surface area contributed by atoms with Crippen molar-refractivity contribution in [1.82, 2.24) is 15.1 Å². The number of alkyl carbamates (subject to hydrolysis) is 1. The number of carboxylic acid groups (broad SMARTS) is 1. The minimum atomic E-state index is -1.51. The standard InChI is InChI=1S/C30H32N2O4.C26H37N3O6.2V/c1-20(2)21-9-7-8-14-27(21)32-17-15-30(16-18-32,28(33)34)31-29(35)36-19-26-24-12-5-3-10-22(24)23-11-4-6-13-25(23)26;1-17(2)18-11-9-10-12-19(18)27-15-13-26(14-16-27)20(30)28(22(32)34-24(3,4)5)21(31)29(26)23(33)35-25(6,7)8;;/h3-14,20,26H,15-19H2,1-2H3,(H,31,35)(H,33,34);9-12,17H,13-16H2,1-8H3;;. The number of aliphatic carboxylic acids is 1. The number of amides is 6. The molecule has 3 aliphatic heterocycles. The van der Waals surface area contributed by atoms with Gasteiger partial charge in [0.2, 0.25) is 0 Å². The van der Waals surface area contributed by atoms with E-state index in [4.69, 9.17) is 14.2 Å². The first kappa shape index (κ1) is 58.2. The van der Waals surface area contributed by atoms with Gasteiger partial charge in [-0.1, -0.05) is 113 Å². The quantitative estimate of drug-likeness (QED) is 0.126. The monoisotopic (exact) mass is 1070 g/mol. The second-order valence-electron chi connectivity index (χ2n) is 21.5. The smallest absolute Gasteiger partial charge is 0.425 e. The molecule has 73 heavy (non-hydrogen) atoms. The number of nitrogens with one attached hydrogen (secondary N) is 1. The van der Waals surface area contributed by atoms with E-state index >= 15 is 0 Å². The number of urea groups is 1. The minimum absolute atomic E-state index is 0. The zero-order chi connectivity index (χ0) is 51.6. The van der Waals surface area contributed by atoms with Crippen molar-refractivity contribution in [2.75, 3.05) is 42.6 Å². The van der Waals surface area contributed by atoms with Crippen LogP contribution in [-0.4, -0.2) is 106 Å². The predicted molar refractivity (Wildman–Crippen MR) is 272 cm³/mol. The van der Waals surface area contributed by atoms with Crippen LogP contribution in [0, 0.1) is 0 Å². The Balaban J connectivity index is 0.000000264. The third-order valence-corrected chi connectivity index (χ3v) is 13.7. The zero-order valence-corrected chi connectivity index (χ0v) is 46.4. The Labute approximate surface area is 453 Å². The molecule has 0 atom stereocenters. The van der Waals surface area contributed by atoms with Gasteiger partial charge in [-0.25, -0.2) is 28.9 Å². The van der Waals surface area contributed by atoms with Crippen LogP contribution in [0.25, 0.3) is 11.1 Å². The molecular weight excluding hydrogens is 1000 g/mol. The Morgan fingerprint density at radius 3 is 1.48 bits per heavy atom. The molecule has 2 radical (unpaired) electrons. The van der Waals surface area contributed by atoms with Gasteiger partial charge in [-0.2, -0.15) is 4.90 Å². The molecule has 0 aromatic heterocycles. The summed E-state index contributed by atoms with van der Waals surface area (Å²) in [5.74, 6) is -1.17. The molecule has 388 valence electrons. The summed E-state index contributed by atoms with van der Waals surface area (Å²) in [5.41, 5.74) is 4.48. The number of benzene rings is 4. The van der Waals surface area contributed by atoms with Crippen LogP contribution in [-0.2, 0) is 60.9 Å². The first-order valence-corrected chi connectivity index (χ1v) is 24.7. The third kappa shape index (κ3) is 12.5.